The first-order valence-electron chi connectivity index (χ1n) is 8.11. The summed E-state index contributed by atoms with van der Waals surface area (Å²) in [6, 6.07) is 19.2. The lowest BCUT2D eigenvalue weighted by Gasteiger charge is -2.03. The Labute approximate surface area is 145 Å². The van der Waals surface area contributed by atoms with Crippen molar-refractivity contribution in [2.24, 2.45) is 0 Å². The minimum atomic E-state index is 0.968. The predicted molar refractivity (Wildman–Crippen MR) is 107 cm³/mol. The molecule has 2 rings (SSSR count). The van der Waals surface area contributed by atoms with E-state index in [0.29, 0.717) is 0 Å². The highest BCUT2D eigenvalue weighted by atomic mass is 32.2. The molecule has 0 radical (unpaired) electrons. The summed E-state index contributed by atoms with van der Waals surface area (Å²) in [6.45, 7) is 10.2. The third-order valence-electron chi connectivity index (χ3n) is 3.09. The van der Waals surface area contributed by atoms with E-state index < -0.39 is 0 Å². The minimum absolute atomic E-state index is 0.968. The molecule has 0 saturated carbocycles. The first-order valence-corrected chi connectivity index (χ1v) is 9.01. The molecule has 2 aromatic rings. The average molecular weight is 324 g/mol. The van der Waals surface area contributed by atoms with E-state index in [1.165, 1.54) is 27.8 Å². The van der Waals surface area contributed by atoms with Gasteiger partial charge < -0.3 is 0 Å². The van der Waals surface area contributed by atoms with Crippen molar-refractivity contribution in [3.8, 4) is 0 Å². The Morgan fingerprint density at radius 1 is 0.957 bits per heavy atom. The Kier molecular flexibility index (Phi) is 9.58. The van der Waals surface area contributed by atoms with Gasteiger partial charge >= 0.3 is 0 Å². The number of allylic oxidation sites excluding steroid dienone is 4. The van der Waals surface area contributed by atoms with Crippen LogP contribution in [0.5, 0.6) is 0 Å². The van der Waals surface area contributed by atoms with Crippen LogP contribution in [0.2, 0.25) is 0 Å². The van der Waals surface area contributed by atoms with E-state index in [4.69, 9.17) is 0 Å². The van der Waals surface area contributed by atoms with Crippen LogP contribution in [0.4, 0.5) is 0 Å². The van der Waals surface area contributed by atoms with E-state index in [1.807, 2.05) is 39.0 Å². The fourth-order valence-corrected chi connectivity index (χ4v) is 2.98. The van der Waals surface area contributed by atoms with Gasteiger partial charge in [0.1, 0.15) is 0 Å². The fourth-order valence-electron chi connectivity index (χ4n) is 2.05. The van der Waals surface area contributed by atoms with E-state index in [9.17, 15) is 0 Å². The van der Waals surface area contributed by atoms with E-state index >= 15 is 0 Å². The summed E-state index contributed by atoms with van der Waals surface area (Å²) >= 11 is 1.17. The quantitative estimate of drug-likeness (QED) is 0.341. The highest BCUT2D eigenvalue weighted by molar-refractivity contribution is 7.83. The molecule has 0 N–H and O–H groups in total. The summed E-state index contributed by atoms with van der Waals surface area (Å²) in [5, 5.41) is 0. The van der Waals surface area contributed by atoms with Gasteiger partial charge in [0.15, 0.2) is 9.80 Å². The Morgan fingerprint density at radius 3 is 2.30 bits per heavy atom. The highest BCUT2D eigenvalue weighted by Gasteiger charge is 2.11. The molecule has 0 fully saturated rings. The zero-order valence-corrected chi connectivity index (χ0v) is 15.3. The van der Waals surface area contributed by atoms with Crippen LogP contribution in [0.3, 0.4) is 0 Å². The van der Waals surface area contributed by atoms with Crippen LogP contribution < -0.4 is 0 Å². The highest BCUT2D eigenvalue weighted by Crippen LogP contribution is 2.19. The average Bonchev–Trinajstić information content (AvgIpc) is 2.60. The molecule has 0 aromatic heterocycles. The van der Waals surface area contributed by atoms with Gasteiger partial charge in [0.25, 0.3) is 0 Å². The molecule has 0 atom stereocenters. The molecular weight excluding hydrogens is 296 g/mol. The van der Waals surface area contributed by atoms with E-state index in [2.05, 4.69) is 67.3 Å². The van der Waals surface area contributed by atoms with Gasteiger partial charge in [-0.05, 0) is 31.2 Å². The van der Waals surface area contributed by atoms with Gasteiger partial charge in [0.2, 0.25) is 0 Å². The summed E-state index contributed by atoms with van der Waals surface area (Å²) in [7, 11) is 0. The van der Waals surface area contributed by atoms with Gasteiger partial charge in [-0.25, -0.2) is 0 Å². The van der Waals surface area contributed by atoms with Crippen molar-refractivity contribution in [2.45, 2.75) is 32.1 Å². The SMILES string of the molecule is C=C(/C=C\C=C/C)[SH+]c1ccccc1Cc1ccccc1.CC. The third kappa shape index (κ3) is 7.21. The maximum Gasteiger partial charge on any atom is 0.161 e. The number of rotatable bonds is 6. The summed E-state index contributed by atoms with van der Waals surface area (Å²) < 4.78 is 0. The lowest BCUT2D eigenvalue weighted by atomic mass is 10.1. The molecule has 0 nitrogen and oxygen atoms in total. The molecule has 0 bridgehead atoms. The molecule has 23 heavy (non-hydrogen) atoms. The summed E-state index contributed by atoms with van der Waals surface area (Å²) in [5.74, 6) is 0. The van der Waals surface area contributed by atoms with Crippen molar-refractivity contribution < 1.29 is 0 Å². The molecule has 0 unspecified atom stereocenters. The second-order valence-corrected chi connectivity index (χ2v) is 6.06. The lowest BCUT2D eigenvalue weighted by molar-refractivity contribution is 1.13. The largest absolute Gasteiger partial charge is 0.161 e. The Balaban J connectivity index is 0.00000127. The van der Waals surface area contributed by atoms with Crippen LogP contribution in [0.15, 0.2) is 95.3 Å². The molecule has 0 aliphatic heterocycles. The minimum Gasteiger partial charge on any atom is -0.0877 e. The van der Waals surface area contributed by atoms with Crippen molar-refractivity contribution >= 4 is 11.8 Å². The maximum absolute atomic E-state index is 4.14. The summed E-state index contributed by atoms with van der Waals surface area (Å²) in [4.78, 5) is 2.44. The number of benzene rings is 2. The molecule has 0 spiro atoms. The Hall–Kier alpha value is -1.99. The van der Waals surface area contributed by atoms with Crippen molar-refractivity contribution in [3.05, 3.63) is 102 Å². The molecule has 0 aliphatic carbocycles. The van der Waals surface area contributed by atoms with Crippen LogP contribution in [-0.2, 0) is 18.2 Å². The smallest absolute Gasteiger partial charge is 0.0877 e. The molecule has 0 heterocycles. The second kappa shape index (κ2) is 11.6. The number of hydrogen-bond donors (Lipinski definition) is 0. The van der Waals surface area contributed by atoms with Crippen molar-refractivity contribution in [1.82, 2.24) is 0 Å². The molecular formula is C22H27S+. The summed E-state index contributed by atoms with van der Waals surface area (Å²) in [5.41, 5.74) is 2.71. The maximum atomic E-state index is 4.14. The standard InChI is InChI=1S/C20H20S.C2H6/c1-3-4-6-11-17(2)21-20-15-10-9-14-19(20)16-18-12-7-5-8-13-18;1-2/h3-15H,2,16H2,1H3;1-2H3/p+1/b4-3-,11-6-;. The fraction of sp³-hybridized carbons (Fsp3) is 0.182. The van der Waals surface area contributed by atoms with Crippen molar-refractivity contribution in [2.75, 3.05) is 0 Å². The van der Waals surface area contributed by atoms with Gasteiger partial charge in [-0.3, -0.25) is 0 Å². The Morgan fingerprint density at radius 2 is 1.61 bits per heavy atom. The zero-order chi connectivity index (χ0) is 16.9. The zero-order valence-electron chi connectivity index (χ0n) is 14.4. The van der Waals surface area contributed by atoms with Gasteiger partial charge in [0.05, 0.1) is 0 Å². The monoisotopic (exact) mass is 323 g/mol. The normalized spacial score (nSPS) is 10.6. The summed E-state index contributed by atoms with van der Waals surface area (Å²) in [6.07, 6.45) is 9.12. The Bertz CT molecular complexity index is 636. The van der Waals surface area contributed by atoms with Crippen LogP contribution >= 0.6 is 0 Å². The van der Waals surface area contributed by atoms with Crippen LogP contribution in [0.25, 0.3) is 0 Å². The third-order valence-corrected chi connectivity index (χ3v) is 4.20. The second-order valence-electron chi connectivity index (χ2n) is 4.78. The first-order chi connectivity index (χ1) is 11.3. The van der Waals surface area contributed by atoms with E-state index in [-0.39, 0.29) is 0 Å². The molecule has 1 heteroatoms. The molecule has 2 aromatic carbocycles. The first kappa shape index (κ1) is 19.1. The predicted octanol–water partition coefficient (Wildman–Crippen LogP) is 6.12. The number of thiol groups is 1. The molecule has 0 amide bonds. The van der Waals surface area contributed by atoms with Gasteiger partial charge in [0, 0.05) is 23.7 Å². The van der Waals surface area contributed by atoms with Gasteiger partial charge in [-0.2, -0.15) is 0 Å². The van der Waals surface area contributed by atoms with Crippen LogP contribution in [0, 0.1) is 0 Å². The number of hydrogen-bond acceptors (Lipinski definition) is 0. The van der Waals surface area contributed by atoms with E-state index in [0.717, 1.165) is 11.3 Å². The van der Waals surface area contributed by atoms with Crippen molar-refractivity contribution in [1.29, 1.82) is 0 Å². The van der Waals surface area contributed by atoms with Gasteiger partial charge in [-0.15, -0.1) is 0 Å². The van der Waals surface area contributed by atoms with Crippen LogP contribution in [-0.4, -0.2) is 0 Å². The van der Waals surface area contributed by atoms with E-state index in [1.54, 1.807) is 0 Å². The molecule has 120 valence electrons. The molecule has 0 saturated heterocycles. The van der Waals surface area contributed by atoms with Crippen molar-refractivity contribution in [3.63, 3.8) is 0 Å². The van der Waals surface area contributed by atoms with Crippen LogP contribution in [0.1, 0.15) is 31.9 Å². The molecule has 0 aliphatic rings. The van der Waals surface area contributed by atoms with Gasteiger partial charge in [-0.1, -0.05) is 80.6 Å². The topological polar surface area (TPSA) is 0 Å². The lowest BCUT2D eigenvalue weighted by Crippen LogP contribution is -1.95.